The van der Waals surface area contributed by atoms with Gasteiger partial charge in [0.15, 0.2) is 9.84 Å². The molecule has 0 aromatic heterocycles. The van der Waals surface area contributed by atoms with E-state index in [1.54, 1.807) is 0 Å². The zero-order valence-corrected chi connectivity index (χ0v) is 13.8. The van der Waals surface area contributed by atoms with Crippen molar-refractivity contribution >= 4 is 27.6 Å². The first-order chi connectivity index (χ1) is 10.8. The largest absolute Gasteiger partial charge is 0.340 e. The lowest BCUT2D eigenvalue weighted by molar-refractivity contribution is -0.146. The van der Waals surface area contributed by atoms with Crippen molar-refractivity contribution in [3.8, 4) is 0 Å². The fraction of sp³-hybridized carbons (Fsp3) is 0.667. The minimum Gasteiger partial charge on any atom is -0.340 e. The Morgan fingerprint density at radius 3 is 2.26 bits per heavy atom. The van der Waals surface area contributed by atoms with Crippen LogP contribution < -0.4 is 0 Å². The summed E-state index contributed by atoms with van der Waals surface area (Å²) in [5.74, 6) is -1.63. The molecule has 0 bridgehead atoms. The highest BCUT2D eigenvalue weighted by atomic mass is 32.2. The van der Waals surface area contributed by atoms with E-state index in [1.807, 2.05) is 12.2 Å². The van der Waals surface area contributed by atoms with E-state index in [1.165, 1.54) is 11.9 Å². The maximum absolute atomic E-state index is 12.4. The fourth-order valence-electron chi connectivity index (χ4n) is 3.56. The van der Waals surface area contributed by atoms with Crippen LogP contribution in [0.25, 0.3) is 0 Å². The van der Waals surface area contributed by atoms with Crippen LogP contribution in [0.1, 0.15) is 19.3 Å². The molecule has 0 aromatic carbocycles. The Kier molecular flexibility index (Phi) is 4.03. The third kappa shape index (κ3) is 2.91. The van der Waals surface area contributed by atoms with E-state index in [0.29, 0.717) is 19.3 Å². The molecule has 126 valence electrons. The number of rotatable bonds is 3. The van der Waals surface area contributed by atoms with Crippen molar-refractivity contribution < 1.29 is 22.8 Å². The zero-order valence-electron chi connectivity index (χ0n) is 13.0. The van der Waals surface area contributed by atoms with E-state index in [2.05, 4.69) is 0 Å². The summed E-state index contributed by atoms with van der Waals surface area (Å²) in [6.07, 6.45) is 5.27. The van der Waals surface area contributed by atoms with Crippen molar-refractivity contribution in [2.45, 2.75) is 25.3 Å². The maximum Gasteiger partial charge on any atom is 0.242 e. The van der Waals surface area contributed by atoms with Crippen LogP contribution >= 0.6 is 0 Å². The minimum atomic E-state index is -3.09. The summed E-state index contributed by atoms with van der Waals surface area (Å²) >= 11 is 0. The molecule has 0 radical (unpaired) electrons. The smallest absolute Gasteiger partial charge is 0.242 e. The number of fused-ring (bicyclic) bond motifs is 1. The normalized spacial score (nSPS) is 32.2. The van der Waals surface area contributed by atoms with E-state index in [0.717, 1.165) is 4.90 Å². The number of carbonyl (C=O) groups is 3. The van der Waals surface area contributed by atoms with Gasteiger partial charge in [-0.3, -0.25) is 19.3 Å². The summed E-state index contributed by atoms with van der Waals surface area (Å²) in [7, 11) is -1.55. The molecule has 3 atom stereocenters. The molecule has 3 rings (SSSR count). The number of sulfone groups is 1. The molecule has 7 nitrogen and oxygen atoms in total. The highest BCUT2D eigenvalue weighted by Gasteiger charge is 2.48. The van der Waals surface area contributed by atoms with Crippen LogP contribution in [0.4, 0.5) is 0 Å². The maximum atomic E-state index is 12.4. The van der Waals surface area contributed by atoms with Gasteiger partial charge in [-0.25, -0.2) is 8.42 Å². The van der Waals surface area contributed by atoms with Crippen LogP contribution in [0.5, 0.6) is 0 Å². The summed E-state index contributed by atoms with van der Waals surface area (Å²) in [6, 6.07) is -0.371. The van der Waals surface area contributed by atoms with E-state index in [9.17, 15) is 22.8 Å². The molecule has 0 spiro atoms. The molecule has 0 saturated carbocycles. The van der Waals surface area contributed by atoms with Gasteiger partial charge < -0.3 is 4.90 Å². The van der Waals surface area contributed by atoms with E-state index in [4.69, 9.17) is 0 Å². The van der Waals surface area contributed by atoms with Crippen LogP contribution in [0, 0.1) is 11.8 Å². The van der Waals surface area contributed by atoms with Gasteiger partial charge in [0.2, 0.25) is 17.7 Å². The average Bonchev–Trinajstić information content (AvgIpc) is 3.00. The molecule has 2 heterocycles. The van der Waals surface area contributed by atoms with Crippen molar-refractivity contribution in [2.75, 3.05) is 25.1 Å². The Morgan fingerprint density at radius 1 is 1.22 bits per heavy atom. The molecule has 8 heteroatoms. The van der Waals surface area contributed by atoms with Gasteiger partial charge in [0, 0.05) is 13.1 Å². The zero-order chi connectivity index (χ0) is 16.8. The molecule has 0 aromatic rings. The minimum absolute atomic E-state index is 0.0493. The van der Waals surface area contributed by atoms with Gasteiger partial charge in [0.1, 0.15) is 6.54 Å². The predicted octanol–water partition coefficient (Wildman–Crippen LogP) is -0.417. The van der Waals surface area contributed by atoms with Gasteiger partial charge in [0.05, 0.1) is 23.3 Å². The Bertz CT molecular complexity index is 658. The lowest BCUT2D eigenvalue weighted by Crippen LogP contribution is -2.45. The van der Waals surface area contributed by atoms with Crippen molar-refractivity contribution in [1.29, 1.82) is 0 Å². The molecular weight excluding hydrogens is 320 g/mol. The van der Waals surface area contributed by atoms with Crippen LogP contribution in [0.3, 0.4) is 0 Å². The van der Waals surface area contributed by atoms with E-state index < -0.39 is 9.84 Å². The summed E-state index contributed by atoms with van der Waals surface area (Å²) < 4.78 is 23.0. The Balaban J connectivity index is 1.66. The molecule has 2 aliphatic heterocycles. The quantitative estimate of drug-likeness (QED) is 0.514. The van der Waals surface area contributed by atoms with Crippen LogP contribution in [0.15, 0.2) is 12.2 Å². The topological polar surface area (TPSA) is 91.8 Å². The number of allylic oxidation sites excluding steroid dienone is 2. The number of likely N-dealkylation sites (N-methyl/N-ethyl adjacent to an activating group) is 1. The predicted molar refractivity (Wildman–Crippen MR) is 81.9 cm³/mol. The molecular formula is C15H20N2O5S. The number of amides is 3. The van der Waals surface area contributed by atoms with Crippen LogP contribution in [0.2, 0.25) is 0 Å². The molecule has 2 fully saturated rings. The molecule has 23 heavy (non-hydrogen) atoms. The van der Waals surface area contributed by atoms with Crippen molar-refractivity contribution in [3.63, 3.8) is 0 Å². The third-order valence-electron chi connectivity index (χ3n) is 5.04. The monoisotopic (exact) mass is 340 g/mol. The van der Waals surface area contributed by atoms with E-state index in [-0.39, 0.29) is 53.6 Å². The Morgan fingerprint density at radius 2 is 1.78 bits per heavy atom. The molecule has 2 saturated heterocycles. The molecule has 0 N–H and O–H groups in total. The average molecular weight is 340 g/mol. The van der Waals surface area contributed by atoms with Crippen molar-refractivity contribution in [3.05, 3.63) is 12.2 Å². The molecule has 3 aliphatic rings. The number of nitrogens with zero attached hydrogens (tertiary/aromatic N) is 2. The van der Waals surface area contributed by atoms with Gasteiger partial charge in [0.25, 0.3) is 0 Å². The summed E-state index contributed by atoms with van der Waals surface area (Å²) in [4.78, 5) is 39.5. The Hall–Kier alpha value is -1.70. The number of carbonyl (C=O) groups excluding carboxylic acids is 3. The van der Waals surface area contributed by atoms with Gasteiger partial charge in [-0.1, -0.05) is 12.2 Å². The first-order valence-electron chi connectivity index (χ1n) is 7.76. The second-order valence-corrected chi connectivity index (χ2v) is 8.71. The highest BCUT2D eigenvalue weighted by Crippen LogP contribution is 2.35. The number of hydrogen-bond donors (Lipinski definition) is 0. The first kappa shape index (κ1) is 16.2. The molecule has 0 unspecified atom stereocenters. The number of likely N-dealkylation sites (tertiary alicyclic amines) is 1. The first-order valence-corrected chi connectivity index (χ1v) is 9.58. The second kappa shape index (κ2) is 5.74. The van der Waals surface area contributed by atoms with Gasteiger partial charge in [-0.15, -0.1) is 0 Å². The van der Waals surface area contributed by atoms with Crippen molar-refractivity contribution in [1.82, 2.24) is 9.80 Å². The number of imide groups is 1. The molecule has 1 aliphatic carbocycles. The van der Waals surface area contributed by atoms with E-state index >= 15 is 0 Å². The standard InChI is InChI=1S/C15H20N2O5S/c1-16(10-6-7-23(21,22)9-10)13(18)8-17-14(19)11-4-2-3-5-12(11)15(17)20/h2-3,10-12H,4-9H2,1H3/t10-,11-,12+/m0/s1. The van der Waals surface area contributed by atoms with Crippen molar-refractivity contribution in [2.24, 2.45) is 11.8 Å². The third-order valence-corrected chi connectivity index (χ3v) is 6.79. The lowest BCUT2D eigenvalue weighted by atomic mass is 9.85. The summed E-state index contributed by atoms with van der Waals surface area (Å²) in [5, 5.41) is 0. The highest BCUT2D eigenvalue weighted by molar-refractivity contribution is 7.91. The van der Waals surface area contributed by atoms with Gasteiger partial charge in [-0.2, -0.15) is 0 Å². The summed E-state index contributed by atoms with van der Waals surface area (Å²) in [5.41, 5.74) is 0. The second-order valence-electron chi connectivity index (χ2n) is 6.48. The fourth-order valence-corrected chi connectivity index (χ4v) is 5.33. The summed E-state index contributed by atoms with van der Waals surface area (Å²) in [6.45, 7) is -0.294. The van der Waals surface area contributed by atoms with Gasteiger partial charge >= 0.3 is 0 Å². The SMILES string of the molecule is CN(C(=O)CN1C(=O)[C@H]2CC=CC[C@H]2C1=O)[C@H]1CCS(=O)(=O)C1. The molecule has 3 amide bonds. The van der Waals surface area contributed by atoms with Crippen LogP contribution in [-0.2, 0) is 24.2 Å². The van der Waals surface area contributed by atoms with Crippen LogP contribution in [-0.4, -0.2) is 67.1 Å². The Labute approximate surface area is 135 Å². The lowest BCUT2D eigenvalue weighted by Gasteiger charge is -2.25. The van der Waals surface area contributed by atoms with Gasteiger partial charge in [-0.05, 0) is 19.3 Å². The number of hydrogen-bond acceptors (Lipinski definition) is 5.